The predicted octanol–water partition coefficient (Wildman–Crippen LogP) is 7.01. The molecule has 12 heteroatoms. The van der Waals surface area contributed by atoms with Crippen LogP contribution >= 0.6 is 0 Å². The highest BCUT2D eigenvalue weighted by Crippen LogP contribution is 2.48. The van der Waals surface area contributed by atoms with Gasteiger partial charge in [0.1, 0.15) is 5.82 Å². The third kappa shape index (κ3) is 7.34. The molecule has 3 fully saturated rings. The van der Waals surface area contributed by atoms with Gasteiger partial charge in [-0.05, 0) is 93.6 Å². The molecule has 4 atom stereocenters. The largest absolute Gasteiger partial charge is 0.416 e. The Morgan fingerprint density at radius 1 is 1.02 bits per heavy atom. The summed E-state index contributed by atoms with van der Waals surface area (Å²) in [5.74, 6) is -0.131. The number of aryl methyl sites for hydroxylation is 1. The van der Waals surface area contributed by atoms with Crippen LogP contribution in [0, 0.1) is 12.7 Å². The molecule has 0 bridgehead atoms. The van der Waals surface area contributed by atoms with Gasteiger partial charge in [0.2, 0.25) is 6.41 Å². The van der Waals surface area contributed by atoms with E-state index in [9.17, 15) is 35.5 Å². The molecule has 4 unspecified atom stereocenters. The Morgan fingerprint density at radius 2 is 1.67 bits per heavy atom. The smallest absolute Gasteiger partial charge is 0.378 e. The average Bonchev–Trinajstić information content (AvgIpc) is 3.31. The number of carbonyl (C=O) groups excluding carboxylic acids is 1. The lowest BCUT2D eigenvalue weighted by Gasteiger charge is -2.50. The maximum absolute atomic E-state index is 13.5. The molecule has 3 heterocycles. The fourth-order valence-electron chi connectivity index (χ4n) is 6.65. The molecule has 1 spiro atoms. The molecular weight excluding hydrogens is 579 g/mol. The van der Waals surface area contributed by atoms with Crippen molar-refractivity contribution >= 4 is 6.41 Å². The van der Waals surface area contributed by atoms with Crippen LogP contribution in [0.3, 0.4) is 0 Å². The van der Waals surface area contributed by atoms with E-state index in [1.54, 1.807) is 12.1 Å². The first-order valence-corrected chi connectivity index (χ1v) is 14.3. The van der Waals surface area contributed by atoms with Crippen molar-refractivity contribution in [3.05, 3.63) is 70.0 Å². The second kappa shape index (κ2) is 12.7. The summed E-state index contributed by atoms with van der Waals surface area (Å²) < 4.78 is 95.0. The number of likely N-dealkylation sites (tertiary alicyclic amines) is 1. The summed E-state index contributed by atoms with van der Waals surface area (Å²) in [6, 6.07) is 6.66. The number of amides is 1. The zero-order valence-corrected chi connectivity index (χ0v) is 24.7. The molecule has 1 amide bonds. The van der Waals surface area contributed by atoms with Crippen LogP contribution in [0.15, 0.2) is 36.4 Å². The summed E-state index contributed by atoms with van der Waals surface area (Å²) in [6.45, 7) is 7.34. The van der Waals surface area contributed by atoms with Crippen molar-refractivity contribution in [1.29, 1.82) is 0 Å². The minimum absolute atomic E-state index is 0.0527. The minimum atomic E-state index is -4.89. The van der Waals surface area contributed by atoms with Crippen LogP contribution in [0.4, 0.5) is 30.7 Å². The van der Waals surface area contributed by atoms with Crippen molar-refractivity contribution in [2.75, 3.05) is 40.4 Å². The van der Waals surface area contributed by atoms with Gasteiger partial charge in [-0.25, -0.2) is 4.39 Å². The highest BCUT2D eigenvalue weighted by Gasteiger charge is 2.50. The normalized spacial score (nSPS) is 25.6. The second-order valence-corrected chi connectivity index (χ2v) is 11.9. The van der Waals surface area contributed by atoms with Gasteiger partial charge in [0.05, 0.1) is 30.4 Å². The number of carbonyl (C=O) groups is 1. The molecule has 0 aromatic heterocycles. The Balaban J connectivity index is 0.000000200. The quantitative estimate of drug-likeness (QED) is 0.273. The molecule has 5 rings (SSSR count). The number of halogens is 7. The van der Waals surface area contributed by atoms with Gasteiger partial charge in [-0.3, -0.25) is 14.6 Å². The van der Waals surface area contributed by atoms with Crippen molar-refractivity contribution in [2.45, 2.75) is 75.5 Å². The molecular formula is C31H38F7N3O2. The number of nitrogens with zero attached hydrogens (tertiary/aromatic N) is 3. The molecule has 3 aliphatic heterocycles. The third-order valence-corrected chi connectivity index (χ3v) is 9.28. The first-order chi connectivity index (χ1) is 20.1. The first kappa shape index (κ1) is 33.2. The standard InChI is InChI=1S/C19H27FN2O.C12H11F6NO/c1-14-11-15(20)3-4-17(14)18-12-19(7-8-21(18)2)6-5-16-13-23-10-9-22(16)19;1-7(19(2)6-20)8-3-9(11(13,14)15)5-10(4-8)12(16,17)18/h3-4,11,16,18H,5-10,12-13H2,1-2H3;3-7H,1-2H3. The molecule has 5 nitrogen and oxygen atoms in total. The van der Waals surface area contributed by atoms with Gasteiger partial charge in [-0.2, -0.15) is 26.3 Å². The molecule has 0 aliphatic carbocycles. The number of alkyl halides is 6. The van der Waals surface area contributed by atoms with E-state index < -0.39 is 29.5 Å². The fourth-order valence-corrected chi connectivity index (χ4v) is 6.65. The van der Waals surface area contributed by atoms with E-state index in [2.05, 4.69) is 16.8 Å². The number of ether oxygens (including phenoxy) is 1. The van der Waals surface area contributed by atoms with Crippen LogP contribution in [-0.4, -0.2) is 73.1 Å². The molecule has 0 N–H and O–H groups in total. The van der Waals surface area contributed by atoms with Gasteiger partial charge in [-0.15, -0.1) is 0 Å². The molecule has 0 radical (unpaired) electrons. The number of hydrogen-bond donors (Lipinski definition) is 0. The molecule has 0 saturated carbocycles. The minimum Gasteiger partial charge on any atom is -0.378 e. The zero-order valence-electron chi connectivity index (χ0n) is 24.7. The van der Waals surface area contributed by atoms with Gasteiger partial charge >= 0.3 is 12.4 Å². The van der Waals surface area contributed by atoms with E-state index in [0.717, 1.165) is 43.2 Å². The van der Waals surface area contributed by atoms with Crippen molar-refractivity contribution in [2.24, 2.45) is 0 Å². The van der Waals surface area contributed by atoms with E-state index in [0.29, 0.717) is 36.2 Å². The molecule has 2 aromatic carbocycles. The second-order valence-electron chi connectivity index (χ2n) is 11.9. The van der Waals surface area contributed by atoms with Gasteiger partial charge in [-0.1, -0.05) is 6.07 Å². The monoisotopic (exact) mass is 617 g/mol. The lowest BCUT2D eigenvalue weighted by molar-refractivity contribution is -0.143. The number of hydrogen-bond acceptors (Lipinski definition) is 4. The highest BCUT2D eigenvalue weighted by molar-refractivity contribution is 5.48. The van der Waals surface area contributed by atoms with E-state index >= 15 is 0 Å². The first-order valence-electron chi connectivity index (χ1n) is 14.3. The summed E-state index contributed by atoms with van der Waals surface area (Å²) >= 11 is 0. The van der Waals surface area contributed by atoms with Gasteiger partial charge in [0, 0.05) is 37.8 Å². The fraction of sp³-hybridized carbons (Fsp3) is 0.581. The lowest BCUT2D eigenvalue weighted by Crippen LogP contribution is -2.57. The van der Waals surface area contributed by atoms with Crippen molar-refractivity contribution < 1.29 is 40.3 Å². The van der Waals surface area contributed by atoms with Crippen molar-refractivity contribution in [1.82, 2.24) is 14.7 Å². The Labute approximate surface area is 247 Å². The Morgan fingerprint density at radius 3 is 2.26 bits per heavy atom. The average molecular weight is 618 g/mol. The molecule has 3 aliphatic rings. The molecule has 3 saturated heterocycles. The predicted molar refractivity (Wildman–Crippen MR) is 148 cm³/mol. The number of piperidine rings is 1. The summed E-state index contributed by atoms with van der Waals surface area (Å²) in [4.78, 5) is 16.7. The van der Waals surface area contributed by atoms with Gasteiger partial charge < -0.3 is 9.64 Å². The van der Waals surface area contributed by atoms with E-state index in [-0.39, 0.29) is 17.4 Å². The van der Waals surface area contributed by atoms with Crippen molar-refractivity contribution in [3.8, 4) is 0 Å². The summed E-state index contributed by atoms with van der Waals surface area (Å²) in [5, 5.41) is 0. The summed E-state index contributed by atoms with van der Waals surface area (Å²) in [6.07, 6.45) is -4.50. The Kier molecular flexibility index (Phi) is 9.83. The summed E-state index contributed by atoms with van der Waals surface area (Å²) in [5.41, 5.74) is -0.323. The van der Waals surface area contributed by atoms with Gasteiger partial charge in [0.25, 0.3) is 0 Å². The van der Waals surface area contributed by atoms with Gasteiger partial charge in [0.15, 0.2) is 0 Å². The van der Waals surface area contributed by atoms with Crippen LogP contribution in [0.2, 0.25) is 0 Å². The zero-order chi connectivity index (χ0) is 31.7. The van der Waals surface area contributed by atoms with E-state index in [1.807, 2.05) is 13.0 Å². The Hall–Kier alpha value is -2.70. The molecule has 2 aromatic rings. The molecule has 238 valence electrons. The van der Waals surface area contributed by atoms with Crippen molar-refractivity contribution in [3.63, 3.8) is 0 Å². The highest BCUT2D eigenvalue weighted by atomic mass is 19.4. The Bertz CT molecular complexity index is 1250. The topological polar surface area (TPSA) is 36.0 Å². The summed E-state index contributed by atoms with van der Waals surface area (Å²) in [7, 11) is 3.48. The lowest BCUT2D eigenvalue weighted by atomic mass is 9.78. The number of fused-ring (bicyclic) bond motifs is 2. The SMILES string of the molecule is CC(c1cc(C(F)(F)F)cc(C(F)(F)F)c1)N(C)C=O.Cc1cc(F)ccc1C1CC2(CCC3COCCN32)CCN1C. The maximum Gasteiger partial charge on any atom is 0.416 e. The van der Waals surface area contributed by atoms with Crippen LogP contribution in [0.25, 0.3) is 0 Å². The third-order valence-electron chi connectivity index (χ3n) is 9.28. The number of benzene rings is 2. The van der Waals surface area contributed by atoms with Crippen LogP contribution in [0.1, 0.15) is 72.5 Å². The molecule has 43 heavy (non-hydrogen) atoms. The number of morpholine rings is 1. The van der Waals surface area contributed by atoms with Crippen LogP contribution in [0.5, 0.6) is 0 Å². The van der Waals surface area contributed by atoms with E-state index in [1.165, 1.54) is 38.8 Å². The van der Waals surface area contributed by atoms with Crippen LogP contribution < -0.4 is 0 Å². The van der Waals surface area contributed by atoms with E-state index in [4.69, 9.17) is 4.74 Å². The van der Waals surface area contributed by atoms with Crippen LogP contribution in [-0.2, 0) is 21.9 Å². The maximum atomic E-state index is 13.5. The number of rotatable bonds is 4.